The van der Waals surface area contributed by atoms with Crippen molar-refractivity contribution in [1.82, 2.24) is 4.98 Å². The van der Waals surface area contributed by atoms with Gasteiger partial charge in [0.15, 0.2) is 0 Å². The molecule has 1 aromatic carbocycles. The van der Waals surface area contributed by atoms with Gasteiger partial charge in [-0.05, 0) is 18.6 Å². The average molecular weight is 346 g/mol. The molecule has 0 saturated heterocycles. The highest BCUT2D eigenvalue weighted by atomic mass is 35.5. The van der Waals surface area contributed by atoms with Gasteiger partial charge in [-0.3, -0.25) is 0 Å². The first-order valence-corrected chi connectivity index (χ1v) is 7.69. The van der Waals surface area contributed by atoms with Crippen molar-refractivity contribution in [3.05, 3.63) is 51.1 Å². The summed E-state index contributed by atoms with van der Waals surface area (Å²) >= 11 is 17.9. The lowest BCUT2D eigenvalue weighted by Crippen LogP contribution is -2.02. The number of hydrogen-bond acceptors (Lipinski definition) is 3. The van der Waals surface area contributed by atoms with Gasteiger partial charge in [-0.15, -0.1) is 0 Å². The number of nitrogens with one attached hydrogen (secondary N) is 1. The zero-order chi connectivity index (χ0) is 15.2. The van der Waals surface area contributed by atoms with E-state index in [4.69, 9.17) is 39.5 Å². The smallest absolute Gasteiger partial charge is 0.139 e. The van der Waals surface area contributed by atoms with Crippen LogP contribution in [0.3, 0.4) is 0 Å². The summed E-state index contributed by atoms with van der Waals surface area (Å²) in [6, 6.07) is 7.05. The SMILES string of the molecule is CCCNc1ccc(COc2cc(Cl)c(Cl)cc2Cl)cn1. The fourth-order valence-corrected chi connectivity index (χ4v) is 2.23. The van der Waals surface area contributed by atoms with E-state index in [1.54, 1.807) is 18.3 Å². The molecule has 0 saturated carbocycles. The number of nitrogens with zero attached hydrogens (tertiary/aromatic N) is 1. The monoisotopic (exact) mass is 344 g/mol. The van der Waals surface area contributed by atoms with Crippen molar-refractivity contribution in [2.24, 2.45) is 0 Å². The van der Waals surface area contributed by atoms with Crippen LogP contribution in [0.5, 0.6) is 5.75 Å². The second kappa shape index (κ2) is 7.74. The zero-order valence-corrected chi connectivity index (χ0v) is 13.8. The number of benzene rings is 1. The van der Waals surface area contributed by atoms with Crippen molar-refractivity contribution in [2.75, 3.05) is 11.9 Å². The van der Waals surface area contributed by atoms with Crippen LogP contribution in [0.2, 0.25) is 15.1 Å². The number of ether oxygens (including phenoxy) is 1. The van der Waals surface area contributed by atoms with Crippen LogP contribution >= 0.6 is 34.8 Å². The Hall–Kier alpha value is -1.16. The molecule has 21 heavy (non-hydrogen) atoms. The molecule has 112 valence electrons. The largest absolute Gasteiger partial charge is 0.487 e. The maximum Gasteiger partial charge on any atom is 0.139 e. The highest BCUT2D eigenvalue weighted by Crippen LogP contribution is 2.34. The third-order valence-electron chi connectivity index (χ3n) is 2.75. The molecule has 1 aromatic heterocycles. The summed E-state index contributed by atoms with van der Waals surface area (Å²) in [5.41, 5.74) is 0.944. The van der Waals surface area contributed by atoms with Crippen molar-refractivity contribution in [2.45, 2.75) is 20.0 Å². The molecule has 0 aliphatic rings. The highest BCUT2D eigenvalue weighted by Gasteiger charge is 2.07. The van der Waals surface area contributed by atoms with Crippen LogP contribution in [0.25, 0.3) is 0 Å². The molecule has 0 fully saturated rings. The van der Waals surface area contributed by atoms with E-state index < -0.39 is 0 Å². The van der Waals surface area contributed by atoms with Gasteiger partial charge < -0.3 is 10.1 Å². The second-order valence-corrected chi connectivity index (χ2v) is 5.69. The van der Waals surface area contributed by atoms with E-state index in [1.165, 1.54) is 0 Å². The van der Waals surface area contributed by atoms with Crippen LogP contribution < -0.4 is 10.1 Å². The van der Waals surface area contributed by atoms with E-state index in [1.807, 2.05) is 12.1 Å². The van der Waals surface area contributed by atoms with Crippen molar-refractivity contribution in [3.8, 4) is 5.75 Å². The molecule has 3 nitrogen and oxygen atoms in total. The molecule has 0 unspecified atom stereocenters. The number of pyridine rings is 1. The van der Waals surface area contributed by atoms with Crippen LogP contribution in [-0.2, 0) is 6.61 Å². The van der Waals surface area contributed by atoms with E-state index in [9.17, 15) is 0 Å². The van der Waals surface area contributed by atoms with Gasteiger partial charge in [0, 0.05) is 24.4 Å². The van der Waals surface area contributed by atoms with Gasteiger partial charge in [0.05, 0.1) is 15.1 Å². The van der Waals surface area contributed by atoms with Gasteiger partial charge in [0.2, 0.25) is 0 Å². The van der Waals surface area contributed by atoms with Crippen LogP contribution in [0.1, 0.15) is 18.9 Å². The standard InChI is InChI=1S/C15H15Cl3N2O/c1-2-5-19-15-4-3-10(8-20-15)9-21-14-7-12(17)11(16)6-13(14)18/h3-4,6-8H,2,5,9H2,1H3,(H,19,20). The predicted octanol–water partition coefficient (Wildman–Crippen LogP) is 5.44. The molecule has 0 amide bonds. The summed E-state index contributed by atoms with van der Waals surface area (Å²) in [6.45, 7) is 3.37. The van der Waals surface area contributed by atoms with E-state index in [0.717, 1.165) is 24.3 Å². The minimum Gasteiger partial charge on any atom is -0.487 e. The lowest BCUT2D eigenvalue weighted by Gasteiger charge is -2.10. The molecule has 0 radical (unpaired) electrons. The van der Waals surface area contributed by atoms with Crippen LogP contribution in [-0.4, -0.2) is 11.5 Å². The minimum absolute atomic E-state index is 0.360. The summed E-state index contributed by atoms with van der Waals surface area (Å²) in [5.74, 6) is 1.35. The van der Waals surface area contributed by atoms with E-state index in [0.29, 0.717) is 27.4 Å². The average Bonchev–Trinajstić information content (AvgIpc) is 2.48. The zero-order valence-electron chi connectivity index (χ0n) is 11.5. The first kappa shape index (κ1) is 16.2. The van der Waals surface area contributed by atoms with Crippen LogP contribution in [0, 0.1) is 0 Å². The number of rotatable bonds is 6. The molecule has 0 bridgehead atoms. The Kier molecular flexibility index (Phi) is 5.97. The lowest BCUT2D eigenvalue weighted by atomic mass is 10.3. The molecule has 2 aromatic rings. The summed E-state index contributed by atoms with van der Waals surface area (Å²) < 4.78 is 5.64. The molecule has 1 heterocycles. The normalized spacial score (nSPS) is 10.5. The molecule has 1 N–H and O–H groups in total. The second-order valence-electron chi connectivity index (χ2n) is 4.46. The summed E-state index contributed by atoms with van der Waals surface area (Å²) in [7, 11) is 0. The minimum atomic E-state index is 0.360. The molecule has 0 aliphatic carbocycles. The lowest BCUT2D eigenvalue weighted by molar-refractivity contribution is 0.306. The molecule has 2 rings (SSSR count). The Morgan fingerprint density at radius 1 is 1.10 bits per heavy atom. The van der Waals surface area contributed by atoms with Gasteiger partial charge in [-0.1, -0.05) is 47.8 Å². The number of halogens is 3. The third kappa shape index (κ3) is 4.67. The van der Waals surface area contributed by atoms with Crippen molar-refractivity contribution < 1.29 is 4.74 Å². The number of hydrogen-bond donors (Lipinski definition) is 1. The maximum absolute atomic E-state index is 6.06. The highest BCUT2D eigenvalue weighted by molar-refractivity contribution is 6.43. The van der Waals surface area contributed by atoms with Crippen molar-refractivity contribution in [3.63, 3.8) is 0 Å². The molecule has 0 spiro atoms. The van der Waals surface area contributed by atoms with Crippen molar-refractivity contribution >= 4 is 40.6 Å². The van der Waals surface area contributed by atoms with Gasteiger partial charge >= 0.3 is 0 Å². The Labute approximate surface area is 139 Å². The van der Waals surface area contributed by atoms with Crippen LogP contribution in [0.4, 0.5) is 5.82 Å². The maximum atomic E-state index is 6.06. The first-order chi connectivity index (χ1) is 10.1. The quantitative estimate of drug-likeness (QED) is 0.708. The molecule has 6 heteroatoms. The Morgan fingerprint density at radius 2 is 1.86 bits per heavy atom. The molecule has 0 aliphatic heterocycles. The molecule has 0 atom stereocenters. The van der Waals surface area contributed by atoms with Crippen molar-refractivity contribution in [1.29, 1.82) is 0 Å². The Balaban J connectivity index is 1.98. The Morgan fingerprint density at radius 3 is 2.52 bits per heavy atom. The third-order valence-corrected chi connectivity index (χ3v) is 3.77. The van der Waals surface area contributed by atoms with Gasteiger partial charge in [0.1, 0.15) is 18.2 Å². The number of aromatic nitrogens is 1. The van der Waals surface area contributed by atoms with Crippen LogP contribution in [0.15, 0.2) is 30.5 Å². The Bertz CT molecular complexity index is 603. The van der Waals surface area contributed by atoms with E-state index in [2.05, 4.69) is 17.2 Å². The van der Waals surface area contributed by atoms with E-state index >= 15 is 0 Å². The van der Waals surface area contributed by atoms with Gasteiger partial charge in [-0.25, -0.2) is 4.98 Å². The topological polar surface area (TPSA) is 34.1 Å². The van der Waals surface area contributed by atoms with Gasteiger partial charge in [0.25, 0.3) is 0 Å². The summed E-state index contributed by atoms with van der Waals surface area (Å²) in [5, 5.41) is 4.46. The summed E-state index contributed by atoms with van der Waals surface area (Å²) in [6.07, 6.45) is 2.83. The fraction of sp³-hybridized carbons (Fsp3) is 0.267. The summed E-state index contributed by atoms with van der Waals surface area (Å²) in [4.78, 5) is 4.31. The number of anilines is 1. The predicted molar refractivity (Wildman–Crippen MR) is 88.8 cm³/mol. The molecular weight excluding hydrogens is 331 g/mol. The fourth-order valence-electron chi connectivity index (χ4n) is 1.64. The molecular formula is C15H15Cl3N2O. The van der Waals surface area contributed by atoms with Gasteiger partial charge in [-0.2, -0.15) is 0 Å². The van der Waals surface area contributed by atoms with E-state index in [-0.39, 0.29) is 0 Å². The first-order valence-electron chi connectivity index (χ1n) is 6.56.